The summed E-state index contributed by atoms with van der Waals surface area (Å²) in [5.41, 5.74) is 7.06. The highest BCUT2D eigenvalue weighted by Gasteiger charge is 2.07. The van der Waals surface area contributed by atoms with E-state index in [9.17, 15) is 0 Å². The molecule has 0 spiro atoms. The van der Waals surface area contributed by atoms with Crippen LogP contribution in [-0.4, -0.2) is 21.9 Å². The number of nitrogens with two attached hydrogens (primary N) is 1. The average Bonchev–Trinajstić information content (AvgIpc) is 2.67. The lowest BCUT2D eigenvalue weighted by atomic mass is 10.2. The number of benzene rings is 1. The number of aliphatic hydroxyl groups excluding tert-OH is 1. The van der Waals surface area contributed by atoms with Gasteiger partial charge in [-0.3, -0.25) is 0 Å². The topological polar surface area (TPSA) is 85.2 Å². The standard InChI is InChI=1S/C10H11N3O2/c11-8-3-1-2-7(6-8)10-12-9(4-5-14)13-15-10/h1-3,6,14H,4-5,11H2. The van der Waals surface area contributed by atoms with Gasteiger partial charge in [0.05, 0.1) is 6.61 Å². The fourth-order valence-corrected chi connectivity index (χ4v) is 1.24. The molecule has 0 saturated heterocycles. The second-order valence-corrected chi connectivity index (χ2v) is 3.11. The Kier molecular flexibility index (Phi) is 2.64. The molecule has 0 aliphatic rings. The maximum absolute atomic E-state index is 8.70. The van der Waals surface area contributed by atoms with Crippen LogP contribution in [0.5, 0.6) is 0 Å². The van der Waals surface area contributed by atoms with Crippen molar-refractivity contribution in [2.24, 2.45) is 0 Å². The van der Waals surface area contributed by atoms with Crippen LogP contribution in [0.2, 0.25) is 0 Å². The molecule has 5 nitrogen and oxygen atoms in total. The molecule has 0 radical (unpaired) electrons. The Bertz CT molecular complexity index is 453. The minimum Gasteiger partial charge on any atom is -0.399 e. The molecule has 0 amide bonds. The fourth-order valence-electron chi connectivity index (χ4n) is 1.24. The Labute approximate surface area is 86.5 Å². The van der Waals surface area contributed by atoms with E-state index in [1.807, 2.05) is 12.1 Å². The highest BCUT2D eigenvalue weighted by atomic mass is 16.5. The monoisotopic (exact) mass is 205 g/mol. The van der Waals surface area contributed by atoms with Crippen LogP contribution in [0.25, 0.3) is 11.5 Å². The molecule has 0 aliphatic carbocycles. The number of hydrogen-bond acceptors (Lipinski definition) is 5. The van der Waals surface area contributed by atoms with Crippen molar-refractivity contribution < 1.29 is 9.63 Å². The lowest BCUT2D eigenvalue weighted by molar-refractivity contribution is 0.293. The molecule has 3 N–H and O–H groups in total. The molecule has 0 unspecified atom stereocenters. The first-order valence-electron chi connectivity index (χ1n) is 4.59. The minimum atomic E-state index is 0.00982. The molecule has 0 saturated carbocycles. The van der Waals surface area contributed by atoms with Crippen LogP contribution in [0.3, 0.4) is 0 Å². The summed E-state index contributed by atoms with van der Waals surface area (Å²) in [6, 6.07) is 7.21. The summed E-state index contributed by atoms with van der Waals surface area (Å²) in [5.74, 6) is 0.917. The molecule has 78 valence electrons. The van der Waals surface area contributed by atoms with Gasteiger partial charge in [0.2, 0.25) is 0 Å². The number of hydrogen-bond donors (Lipinski definition) is 2. The van der Waals surface area contributed by atoms with Gasteiger partial charge in [0.1, 0.15) is 0 Å². The molecule has 15 heavy (non-hydrogen) atoms. The van der Waals surface area contributed by atoms with Crippen LogP contribution in [0, 0.1) is 0 Å². The van der Waals surface area contributed by atoms with Gasteiger partial charge in [0.15, 0.2) is 5.82 Å². The van der Waals surface area contributed by atoms with E-state index in [1.165, 1.54) is 0 Å². The first-order chi connectivity index (χ1) is 7.29. The second kappa shape index (κ2) is 4.10. The Morgan fingerprint density at radius 2 is 2.27 bits per heavy atom. The first-order valence-corrected chi connectivity index (χ1v) is 4.59. The normalized spacial score (nSPS) is 10.5. The van der Waals surface area contributed by atoms with E-state index in [4.69, 9.17) is 15.4 Å². The van der Waals surface area contributed by atoms with E-state index in [0.29, 0.717) is 23.8 Å². The summed E-state index contributed by atoms with van der Waals surface area (Å²) in [6.07, 6.45) is 0.395. The predicted octanol–water partition coefficient (Wildman–Crippen LogP) is 0.854. The van der Waals surface area contributed by atoms with Gasteiger partial charge in [-0.2, -0.15) is 4.98 Å². The molecule has 0 aliphatic heterocycles. The van der Waals surface area contributed by atoms with Crippen LogP contribution in [0.15, 0.2) is 28.8 Å². The average molecular weight is 205 g/mol. The van der Waals surface area contributed by atoms with Crippen molar-refractivity contribution in [1.29, 1.82) is 0 Å². The molecule has 2 rings (SSSR count). The van der Waals surface area contributed by atoms with Crippen LogP contribution in [-0.2, 0) is 6.42 Å². The third-order valence-electron chi connectivity index (χ3n) is 1.94. The Balaban J connectivity index is 2.29. The first kappa shape index (κ1) is 9.67. The fraction of sp³-hybridized carbons (Fsp3) is 0.200. The zero-order valence-corrected chi connectivity index (χ0v) is 8.05. The summed E-state index contributed by atoms with van der Waals surface area (Å²) in [4.78, 5) is 4.12. The van der Waals surface area contributed by atoms with Crippen molar-refractivity contribution in [3.8, 4) is 11.5 Å². The van der Waals surface area contributed by atoms with Gasteiger partial charge in [-0.05, 0) is 18.2 Å². The molecule has 2 aromatic rings. The Hall–Kier alpha value is -1.88. The number of rotatable bonds is 3. The van der Waals surface area contributed by atoms with Crippen LogP contribution in [0.4, 0.5) is 5.69 Å². The summed E-state index contributed by atoms with van der Waals surface area (Å²) in [6.45, 7) is 0.00982. The van der Waals surface area contributed by atoms with E-state index in [-0.39, 0.29) is 6.61 Å². The van der Waals surface area contributed by atoms with Crippen molar-refractivity contribution in [3.63, 3.8) is 0 Å². The Morgan fingerprint density at radius 1 is 1.40 bits per heavy atom. The highest BCUT2D eigenvalue weighted by molar-refractivity contribution is 5.59. The maximum atomic E-state index is 8.70. The molecule has 0 bridgehead atoms. The van der Waals surface area contributed by atoms with E-state index in [2.05, 4.69) is 10.1 Å². The summed E-state index contributed by atoms with van der Waals surface area (Å²) < 4.78 is 5.03. The minimum absolute atomic E-state index is 0.00982. The number of nitrogen functional groups attached to an aromatic ring is 1. The van der Waals surface area contributed by atoms with Gasteiger partial charge >= 0.3 is 0 Å². The van der Waals surface area contributed by atoms with Crippen molar-refractivity contribution in [2.75, 3.05) is 12.3 Å². The third-order valence-corrected chi connectivity index (χ3v) is 1.94. The van der Waals surface area contributed by atoms with Crippen molar-refractivity contribution >= 4 is 5.69 Å². The smallest absolute Gasteiger partial charge is 0.257 e. The predicted molar refractivity (Wildman–Crippen MR) is 54.9 cm³/mol. The third kappa shape index (κ3) is 2.13. The number of aromatic nitrogens is 2. The van der Waals surface area contributed by atoms with Gasteiger partial charge in [0.25, 0.3) is 5.89 Å². The largest absolute Gasteiger partial charge is 0.399 e. The summed E-state index contributed by atoms with van der Waals surface area (Å²) in [5, 5.41) is 12.4. The van der Waals surface area contributed by atoms with Gasteiger partial charge < -0.3 is 15.4 Å². The number of anilines is 1. The van der Waals surface area contributed by atoms with Gasteiger partial charge in [-0.15, -0.1) is 0 Å². The summed E-state index contributed by atoms with van der Waals surface area (Å²) >= 11 is 0. The van der Waals surface area contributed by atoms with E-state index < -0.39 is 0 Å². The zero-order valence-electron chi connectivity index (χ0n) is 8.05. The van der Waals surface area contributed by atoms with Crippen molar-refractivity contribution in [2.45, 2.75) is 6.42 Å². The molecular formula is C10H11N3O2. The van der Waals surface area contributed by atoms with Gasteiger partial charge in [-0.1, -0.05) is 11.2 Å². The van der Waals surface area contributed by atoms with E-state index >= 15 is 0 Å². The molecular weight excluding hydrogens is 194 g/mol. The second-order valence-electron chi connectivity index (χ2n) is 3.11. The lowest BCUT2D eigenvalue weighted by Crippen LogP contribution is -1.92. The molecule has 1 aromatic carbocycles. The Morgan fingerprint density at radius 3 is 3.00 bits per heavy atom. The SMILES string of the molecule is Nc1cccc(-c2nc(CCO)no2)c1. The molecule has 0 atom stereocenters. The number of aliphatic hydroxyl groups is 1. The highest BCUT2D eigenvalue weighted by Crippen LogP contribution is 2.19. The molecule has 5 heteroatoms. The molecule has 0 fully saturated rings. The van der Waals surface area contributed by atoms with Gasteiger partial charge in [-0.25, -0.2) is 0 Å². The lowest BCUT2D eigenvalue weighted by Gasteiger charge is -1.94. The van der Waals surface area contributed by atoms with Crippen LogP contribution >= 0.6 is 0 Å². The van der Waals surface area contributed by atoms with E-state index in [0.717, 1.165) is 5.56 Å². The maximum Gasteiger partial charge on any atom is 0.257 e. The quantitative estimate of drug-likeness (QED) is 0.725. The van der Waals surface area contributed by atoms with Crippen molar-refractivity contribution in [1.82, 2.24) is 10.1 Å². The van der Waals surface area contributed by atoms with Crippen LogP contribution < -0.4 is 5.73 Å². The van der Waals surface area contributed by atoms with E-state index in [1.54, 1.807) is 12.1 Å². The summed E-state index contributed by atoms with van der Waals surface area (Å²) in [7, 11) is 0. The zero-order chi connectivity index (χ0) is 10.7. The van der Waals surface area contributed by atoms with Crippen molar-refractivity contribution in [3.05, 3.63) is 30.1 Å². The number of nitrogens with zero attached hydrogens (tertiary/aromatic N) is 2. The molecule has 1 heterocycles. The van der Waals surface area contributed by atoms with Gasteiger partial charge in [0, 0.05) is 17.7 Å². The van der Waals surface area contributed by atoms with Crippen LogP contribution in [0.1, 0.15) is 5.82 Å². The molecule has 1 aromatic heterocycles.